The summed E-state index contributed by atoms with van der Waals surface area (Å²) in [5, 5.41) is 13.1. The van der Waals surface area contributed by atoms with E-state index in [4.69, 9.17) is 4.42 Å². The topological polar surface area (TPSA) is 147 Å². The molecule has 0 unspecified atom stereocenters. The van der Waals surface area contributed by atoms with E-state index in [0.717, 1.165) is 37.5 Å². The third-order valence-electron chi connectivity index (χ3n) is 8.58. The van der Waals surface area contributed by atoms with Gasteiger partial charge in [-0.3, -0.25) is 4.79 Å². The molecule has 1 saturated heterocycles. The first kappa shape index (κ1) is 32.3. The minimum Gasteiger partial charge on any atom is -0.451 e. The molecular weight excluding hydrogens is 560 g/mol. The fourth-order valence-electron chi connectivity index (χ4n) is 6.24. The summed E-state index contributed by atoms with van der Waals surface area (Å²) in [7, 11) is 0. The Morgan fingerprint density at radius 2 is 1.73 bits per heavy atom. The first-order chi connectivity index (χ1) is 21.4. The Kier molecular flexibility index (Phi) is 11.6. The van der Waals surface area contributed by atoms with Gasteiger partial charge in [-0.1, -0.05) is 64.2 Å². The Morgan fingerprint density at radius 1 is 0.977 bits per heavy atom. The van der Waals surface area contributed by atoms with Gasteiger partial charge < -0.3 is 25.7 Å². The van der Waals surface area contributed by atoms with Crippen molar-refractivity contribution in [3.8, 4) is 0 Å². The van der Waals surface area contributed by atoms with E-state index in [1.165, 1.54) is 6.08 Å². The van der Waals surface area contributed by atoms with Gasteiger partial charge in [-0.05, 0) is 43.2 Å². The van der Waals surface area contributed by atoms with Crippen LogP contribution in [-0.2, 0) is 19.2 Å². The van der Waals surface area contributed by atoms with E-state index in [1.54, 1.807) is 18.1 Å². The molecule has 1 amide bonds. The molecule has 1 aromatic heterocycles. The van der Waals surface area contributed by atoms with Crippen LogP contribution < -0.4 is 21.3 Å². The quantitative estimate of drug-likeness (QED) is 0.239. The molecule has 10 nitrogen and oxygen atoms in total. The van der Waals surface area contributed by atoms with Crippen molar-refractivity contribution in [1.82, 2.24) is 21.3 Å². The molecule has 0 bridgehead atoms. The number of carbonyl (C=O) groups excluding carboxylic acids is 5. The number of para-hydroxylation sites is 1. The van der Waals surface area contributed by atoms with Crippen molar-refractivity contribution in [2.24, 2.45) is 17.8 Å². The van der Waals surface area contributed by atoms with E-state index in [-0.39, 0.29) is 29.0 Å². The van der Waals surface area contributed by atoms with Crippen LogP contribution in [0.2, 0.25) is 0 Å². The number of hydrogen-bond donors (Lipinski definition) is 4. The second kappa shape index (κ2) is 15.8. The lowest BCUT2D eigenvalue weighted by atomic mass is 9.84. The number of carbonyl (C=O) groups is 1. The van der Waals surface area contributed by atoms with E-state index < -0.39 is 24.0 Å². The summed E-state index contributed by atoms with van der Waals surface area (Å²) in [4.78, 5) is 60.9. The molecule has 2 heterocycles. The van der Waals surface area contributed by atoms with Gasteiger partial charge >= 0.3 is 0 Å². The predicted octanol–water partition coefficient (Wildman–Crippen LogP) is 3.61. The van der Waals surface area contributed by atoms with Crippen molar-refractivity contribution in [3.63, 3.8) is 0 Å². The third kappa shape index (κ3) is 8.29. The maximum atomic E-state index is 13.2. The zero-order valence-corrected chi connectivity index (χ0v) is 25.2. The van der Waals surface area contributed by atoms with Crippen molar-refractivity contribution in [2.45, 2.75) is 83.3 Å². The molecule has 10 heteroatoms. The van der Waals surface area contributed by atoms with E-state index in [9.17, 15) is 24.0 Å². The molecule has 0 spiro atoms. The number of furan rings is 1. The summed E-state index contributed by atoms with van der Waals surface area (Å²) in [6.45, 7) is 4.36. The van der Waals surface area contributed by atoms with Crippen molar-refractivity contribution >= 4 is 40.6 Å². The number of hydrogen-bond acceptors (Lipinski definition) is 9. The Hall–Kier alpha value is -4.57. The van der Waals surface area contributed by atoms with Crippen molar-refractivity contribution in [3.05, 3.63) is 59.3 Å². The molecule has 2 aromatic rings. The SMILES string of the molecule is CC(C)[C@H](NC(=O)c1cc2ccccc2o1)C(=C=O)N[C@@H](CC1CCCCC1)C(=C=O)N[C@H](C=C=O)C[C@@H]1CCNC1=C=O. The Balaban J connectivity index is 1.56. The molecule has 4 rings (SSSR count). The first-order valence-electron chi connectivity index (χ1n) is 15.4. The fraction of sp³-hybridized carbons (Fsp3) is 0.500. The van der Waals surface area contributed by atoms with Gasteiger partial charge in [0.25, 0.3) is 5.91 Å². The molecule has 0 radical (unpaired) electrons. The largest absolute Gasteiger partial charge is 0.451 e. The number of allylic oxidation sites excluding steroid dienone is 1. The lowest BCUT2D eigenvalue weighted by molar-refractivity contribution is 0.0906. The summed E-state index contributed by atoms with van der Waals surface area (Å²) in [6, 6.07) is 6.90. The average molecular weight is 601 g/mol. The van der Waals surface area contributed by atoms with Crippen LogP contribution in [0, 0.1) is 17.8 Å². The number of amides is 1. The highest BCUT2D eigenvalue weighted by atomic mass is 16.3. The minimum absolute atomic E-state index is 0.0912. The minimum atomic E-state index is -0.759. The predicted molar refractivity (Wildman–Crippen MR) is 166 cm³/mol. The molecule has 4 atom stereocenters. The summed E-state index contributed by atoms with van der Waals surface area (Å²) in [5.74, 6) is 7.28. The second-order valence-electron chi connectivity index (χ2n) is 12.0. The van der Waals surface area contributed by atoms with Gasteiger partial charge in [-0.15, -0.1) is 0 Å². The molecule has 2 fully saturated rings. The molecule has 2 aliphatic rings. The van der Waals surface area contributed by atoms with Crippen LogP contribution in [0.1, 0.15) is 75.8 Å². The number of nitrogens with one attached hydrogen (secondary N) is 4. The Morgan fingerprint density at radius 3 is 2.39 bits per heavy atom. The molecule has 232 valence electrons. The standard InChI is InChI=1S/C34H40N4O6/c1-22(2)33(38-34(43)32-18-25-10-6-7-11-31(25)44-32)30(21-42)37-27(16-23-8-4-3-5-9-23)29(20-41)36-26(13-15-39)17-24-12-14-35-28(24)19-40/h6-7,10-11,13,18,22-24,26-27,33,35-37H,3-5,8-9,12,14,16-17H2,1-2H3,(H,38,43)/t24-,26+,27-,33-/m0/s1. The van der Waals surface area contributed by atoms with Crippen LogP contribution in [0.15, 0.2) is 57.9 Å². The van der Waals surface area contributed by atoms with Crippen LogP contribution in [0.4, 0.5) is 0 Å². The Labute approximate surface area is 257 Å². The van der Waals surface area contributed by atoms with E-state index >= 15 is 0 Å². The van der Waals surface area contributed by atoms with Crippen LogP contribution in [-0.4, -0.2) is 54.3 Å². The van der Waals surface area contributed by atoms with Crippen LogP contribution >= 0.6 is 0 Å². The molecule has 44 heavy (non-hydrogen) atoms. The van der Waals surface area contributed by atoms with Crippen LogP contribution in [0.5, 0.6) is 0 Å². The second-order valence-corrected chi connectivity index (χ2v) is 12.0. The van der Waals surface area contributed by atoms with Crippen molar-refractivity contribution in [2.75, 3.05) is 6.54 Å². The van der Waals surface area contributed by atoms with Gasteiger partial charge in [-0.25, -0.2) is 19.2 Å². The fourth-order valence-corrected chi connectivity index (χ4v) is 6.24. The first-order valence-corrected chi connectivity index (χ1v) is 15.4. The summed E-state index contributed by atoms with van der Waals surface area (Å²) < 4.78 is 5.73. The summed E-state index contributed by atoms with van der Waals surface area (Å²) in [5.41, 5.74) is 1.25. The monoisotopic (exact) mass is 600 g/mol. The number of fused-ring (bicyclic) bond motifs is 1. The van der Waals surface area contributed by atoms with Gasteiger partial charge in [0.2, 0.25) is 0 Å². The lowest BCUT2D eigenvalue weighted by Gasteiger charge is -2.32. The highest BCUT2D eigenvalue weighted by molar-refractivity contribution is 5.96. The highest BCUT2D eigenvalue weighted by Gasteiger charge is 2.31. The van der Waals surface area contributed by atoms with Crippen LogP contribution in [0.25, 0.3) is 11.0 Å². The van der Waals surface area contributed by atoms with Crippen molar-refractivity contribution < 1.29 is 28.4 Å². The van der Waals surface area contributed by atoms with Gasteiger partial charge in [0.05, 0.1) is 23.8 Å². The zero-order chi connectivity index (χ0) is 31.5. The molecule has 1 saturated carbocycles. The number of benzene rings is 1. The van der Waals surface area contributed by atoms with Gasteiger partial charge in [-0.2, -0.15) is 0 Å². The molecular formula is C34H40N4O6. The van der Waals surface area contributed by atoms with Crippen LogP contribution in [0.3, 0.4) is 0 Å². The zero-order valence-electron chi connectivity index (χ0n) is 25.2. The average Bonchev–Trinajstić information content (AvgIpc) is 3.68. The molecule has 4 N–H and O–H groups in total. The molecule has 1 aliphatic heterocycles. The van der Waals surface area contributed by atoms with Gasteiger partial charge in [0.1, 0.15) is 40.7 Å². The lowest BCUT2D eigenvalue weighted by Crippen LogP contribution is -2.49. The van der Waals surface area contributed by atoms with Gasteiger partial charge in [0, 0.05) is 23.9 Å². The molecule has 1 aromatic carbocycles. The van der Waals surface area contributed by atoms with Crippen molar-refractivity contribution in [1.29, 1.82) is 0 Å². The summed E-state index contributed by atoms with van der Waals surface area (Å²) in [6.07, 6.45) is 8.17. The highest BCUT2D eigenvalue weighted by Crippen LogP contribution is 2.30. The van der Waals surface area contributed by atoms with E-state index in [2.05, 4.69) is 21.3 Å². The van der Waals surface area contributed by atoms with Gasteiger partial charge in [0.15, 0.2) is 5.76 Å². The maximum Gasteiger partial charge on any atom is 0.287 e. The summed E-state index contributed by atoms with van der Waals surface area (Å²) >= 11 is 0. The normalized spacial score (nSPS) is 18.5. The molecule has 1 aliphatic carbocycles. The smallest absolute Gasteiger partial charge is 0.287 e. The maximum absolute atomic E-state index is 13.2. The third-order valence-corrected chi connectivity index (χ3v) is 8.58. The number of rotatable bonds is 14. The van der Waals surface area contributed by atoms with E-state index in [0.29, 0.717) is 43.0 Å². The Bertz CT molecular complexity index is 1480. The van der Waals surface area contributed by atoms with E-state index in [1.807, 2.05) is 49.9 Å².